The van der Waals surface area contributed by atoms with Crippen LogP contribution in [0.15, 0.2) is 233 Å². The number of nitrogens with zero attached hydrogens (tertiary/aromatic N) is 3. The van der Waals surface area contributed by atoms with E-state index in [9.17, 15) is 0 Å². The largest absolute Gasteiger partial charge is 0.454 e. The van der Waals surface area contributed by atoms with Crippen LogP contribution >= 0.6 is 0 Å². The van der Waals surface area contributed by atoms with Crippen LogP contribution in [0.2, 0.25) is 0 Å². The van der Waals surface area contributed by atoms with Crippen LogP contribution in [0.3, 0.4) is 0 Å². The minimum Gasteiger partial charge on any atom is -0.454 e. The molecule has 6 heteroatoms. The van der Waals surface area contributed by atoms with Gasteiger partial charge in [-0.1, -0.05) is 181 Å². The lowest BCUT2D eigenvalue weighted by Gasteiger charge is -2.47. The molecule has 2 aromatic heterocycles. The third kappa shape index (κ3) is 6.96. The van der Waals surface area contributed by atoms with Crippen LogP contribution in [0.1, 0.15) is 86.1 Å². The van der Waals surface area contributed by atoms with Crippen molar-refractivity contribution in [3.8, 4) is 22.6 Å². The number of hydrogen-bond donors (Lipinski definition) is 0. The first-order valence-corrected chi connectivity index (χ1v) is 29.0. The fraction of sp³-hybridized carbons (Fsp3) is 0.143. The van der Waals surface area contributed by atoms with Crippen molar-refractivity contribution in [2.75, 3.05) is 14.7 Å². The molecule has 0 amide bonds. The Morgan fingerprint density at radius 3 is 1.34 bits per heavy atom. The number of benzene rings is 11. The van der Waals surface area contributed by atoms with E-state index in [1.807, 2.05) is 0 Å². The summed E-state index contributed by atoms with van der Waals surface area (Å²) in [5.41, 5.74) is 23.0. The van der Waals surface area contributed by atoms with Gasteiger partial charge in [0.2, 0.25) is 0 Å². The molecule has 0 unspecified atom stereocenters. The molecule has 1 spiro atoms. The van der Waals surface area contributed by atoms with Crippen molar-refractivity contribution in [1.82, 2.24) is 0 Å². The predicted molar refractivity (Wildman–Crippen MR) is 343 cm³/mol. The molecule has 2 aliphatic heterocycles. The summed E-state index contributed by atoms with van der Waals surface area (Å²) in [5.74, 6) is 1.62. The second kappa shape index (κ2) is 17.6. The van der Waals surface area contributed by atoms with Gasteiger partial charge in [0.15, 0.2) is 22.7 Å². The maximum atomic E-state index is 7.49. The third-order valence-corrected chi connectivity index (χ3v) is 18.0. The normalized spacial score (nSPS) is 13.7. The zero-order valence-electron chi connectivity index (χ0n) is 47.9. The molecule has 0 atom stereocenters. The summed E-state index contributed by atoms with van der Waals surface area (Å²) in [4.78, 5) is 7.34. The summed E-state index contributed by atoms with van der Waals surface area (Å²) in [7, 11) is 0. The highest BCUT2D eigenvalue weighted by Crippen LogP contribution is 2.70. The number of furan rings is 2. The van der Waals surface area contributed by atoms with E-state index in [1.165, 1.54) is 11.1 Å². The summed E-state index contributed by atoms with van der Waals surface area (Å²) >= 11 is 0. The number of rotatable bonds is 6. The average Bonchev–Trinajstić information content (AvgIpc) is 1.61. The van der Waals surface area contributed by atoms with Crippen LogP contribution in [0.25, 0.3) is 55.0 Å². The second-order valence-corrected chi connectivity index (χ2v) is 24.9. The zero-order chi connectivity index (χ0) is 56.3. The number of ether oxygens (including phenoxy) is 1. The van der Waals surface area contributed by atoms with Gasteiger partial charge in [0.25, 0.3) is 0 Å². The molecule has 1 aliphatic carbocycles. The van der Waals surface area contributed by atoms with Gasteiger partial charge in [0.1, 0.15) is 11.2 Å². The van der Waals surface area contributed by atoms with Crippen molar-refractivity contribution >= 4 is 95.1 Å². The maximum Gasteiger partial charge on any atom is 0.160 e. The number of fused-ring (bicyclic) bond motifs is 19. The fourth-order valence-corrected chi connectivity index (χ4v) is 14.1. The SMILES string of the molecule is Cc1ccccc1N(c1ccc(C(C)(C)C)cc1)c1cc2c(c3c1oc1ccccc13)-c1c(cc(N(c3ccc(C(C)(C)C)cc3)c3ccccc3C)c3oc4ccccc4c13)C21c2ccccc2N2c3ccccc3Oc3cccc1c32. The Balaban J connectivity index is 1.13. The minimum atomic E-state index is -0.984. The van der Waals surface area contributed by atoms with E-state index in [-0.39, 0.29) is 10.8 Å². The summed E-state index contributed by atoms with van der Waals surface area (Å²) in [6, 6.07) is 82.3. The molecule has 402 valence electrons. The van der Waals surface area contributed by atoms with Crippen molar-refractivity contribution in [2.24, 2.45) is 0 Å². The van der Waals surface area contributed by atoms with Crippen LogP contribution in [-0.4, -0.2) is 0 Å². The molecular formula is C77H61N3O3. The molecule has 11 aromatic carbocycles. The first-order valence-electron chi connectivity index (χ1n) is 29.0. The zero-order valence-corrected chi connectivity index (χ0v) is 47.9. The van der Waals surface area contributed by atoms with Gasteiger partial charge < -0.3 is 28.3 Å². The molecule has 13 aromatic rings. The Bertz CT molecular complexity index is 4600. The predicted octanol–water partition coefficient (Wildman–Crippen LogP) is 21.9. The van der Waals surface area contributed by atoms with E-state index < -0.39 is 5.41 Å². The van der Waals surface area contributed by atoms with Gasteiger partial charge in [-0.15, -0.1) is 0 Å². The van der Waals surface area contributed by atoms with Gasteiger partial charge in [-0.25, -0.2) is 0 Å². The lowest BCUT2D eigenvalue weighted by molar-refractivity contribution is 0.473. The van der Waals surface area contributed by atoms with Gasteiger partial charge in [0, 0.05) is 44.3 Å². The van der Waals surface area contributed by atoms with E-state index in [1.54, 1.807) is 0 Å². The van der Waals surface area contributed by atoms with Gasteiger partial charge in [-0.2, -0.15) is 0 Å². The lowest BCUT2D eigenvalue weighted by atomic mass is 9.64. The highest BCUT2D eigenvalue weighted by molar-refractivity contribution is 6.27. The smallest absolute Gasteiger partial charge is 0.160 e. The highest BCUT2D eigenvalue weighted by Gasteiger charge is 2.56. The number of para-hydroxylation sites is 8. The van der Waals surface area contributed by atoms with Gasteiger partial charge in [0.05, 0.1) is 33.9 Å². The Hall–Kier alpha value is -9.78. The molecule has 0 radical (unpaired) electrons. The summed E-state index contributed by atoms with van der Waals surface area (Å²) in [5, 5.41) is 4.19. The number of hydrogen-bond acceptors (Lipinski definition) is 6. The molecule has 6 nitrogen and oxygen atoms in total. The van der Waals surface area contributed by atoms with Crippen LogP contribution in [0, 0.1) is 13.8 Å². The van der Waals surface area contributed by atoms with E-state index in [0.717, 1.165) is 151 Å². The van der Waals surface area contributed by atoms with Crippen LogP contribution in [-0.2, 0) is 16.2 Å². The van der Waals surface area contributed by atoms with E-state index >= 15 is 0 Å². The Morgan fingerprint density at radius 2 is 0.819 bits per heavy atom. The fourth-order valence-electron chi connectivity index (χ4n) is 14.1. The van der Waals surface area contributed by atoms with Crippen LogP contribution < -0.4 is 19.4 Å². The molecule has 3 aliphatic rings. The summed E-state index contributed by atoms with van der Waals surface area (Å²) in [6.45, 7) is 18.1. The number of anilines is 9. The molecule has 0 bridgehead atoms. The minimum absolute atomic E-state index is 0.0445. The Kier molecular flexibility index (Phi) is 10.4. The van der Waals surface area contributed by atoms with Gasteiger partial charge >= 0.3 is 0 Å². The van der Waals surface area contributed by atoms with Crippen molar-refractivity contribution in [3.05, 3.63) is 269 Å². The molecule has 4 heterocycles. The number of aryl methyl sites for hydroxylation is 2. The third-order valence-electron chi connectivity index (χ3n) is 18.0. The molecular weight excluding hydrogens is 1010 g/mol. The average molecular weight is 1080 g/mol. The topological polar surface area (TPSA) is 45.2 Å². The van der Waals surface area contributed by atoms with Crippen molar-refractivity contribution < 1.29 is 13.6 Å². The molecule has 16 rings (SSSR count). The summed E-state index contributed by atoms with van der Waals surface area (Å²) < 4.78 is 22.1. The van der Waals surface area contributed by atoms with E-state index in [0.29, 0.717) is 0 Å². The quantitative estimate of drug-likeness (QED) is 0.165. The van der Waals surface area contributed by atoms with Crippen molar-refractivity contribution in [2.45, 2.75) is 71.6 Å². The molecule has 83 heavy (non-hydrogen) atoms. The Morgan fingerprint density at radius 1 is 0.386 bits per heavy atom. The van der Waals surface area contributed by atoms with Gasteiger partial charge in [-0.3, -0.25) is 0 Å². The standard InChI is InChI=1S/C77H61N3O3/c1-46-22-9-14-28-58(46)78(50-40-36-48(37-41-50)75(3,4)5)62-44-56-70(68-52-24-11-18-32-64(52)82-73(62)68)71-57(77(56)54-26-13-16-30-60(54)80-61-31-17-20-34-66(61)81-67-35-21-27-55(77)72(67)80)45-63(74-69(71)53-25-12-19-33-65(53)83-74)79(59-29-15-10-23-47(59)2)51-42-38-49(39-43-51)76(6,7)8/h9-45H,1-8H3. The van der Waals surface area contributed by atoms with Gasteiger partial charge in [-0.05, 0) is 165 Å². The van der Waals surface area contributed by atoms with Crippen LogP contribution in [0.5, 0.6) is 11.5 Å². The lowest BCUT2D eigenvalue weighted by Crippen LogP contribution is -2.37. The molecule has 0 fully saturated rings. The van der Waals surface area contributed by atoms with E-state index in [2.05, 4.69) is 295 Å². The summed E-state index contributed by atoms with van der Waals surface area (Å²) in [6.07, 6.45) is 0. The first-order chi connectivity index (χ1) is 40.3. The Labute approximate surface area is 484 Å². The maximum absolute atomic E-state index is 7.49. The highest BCUT2D eigenvalue weighted by atomic mass is 16.5. The van der Waals surface area contributed by atoms with E-state index in [4.69, 9.17) is 13.6 Å². The molecule has 0 N–H and O–H groups in total. The first kappa shape index (κ1) is 49.1. The monoisotopic (exact) mass is 1080 g/mol. The second-order valence-electron chi connectivity index (χ2n) is 24.9. The van der Waals surface area contributed by atoms with Crippen molar-refractivity contribution in [3.63, 3.8) is 0 Å². The van der Waals surface area contributed by atoms with Crippen molar-refractivity contribution in [1.29, 1.82) is 0 Å². The molecule has 0 saturated heterocycles. The molecule has 0 saturated carbocycles. The van der Waals surface area contributed by atoms with Crippen LogP contribution in [0.4, 0.5) is 51.2 Å².